The van der Waals surface area contributed by atoms with E-state index < -0.39 is 0 Å². The molecular formula is C24H26ClN3O2. The molecule has 3 aromatic rings. The Balaban J connectivity index is 1.38. The van der Waals surface area contributed by atoms with Crippen LogP contribution in [0.1, 0.15) is 11.1 Å². The molecule has 0 saturated carbocycles. The van der Waals surface area contributed by atoms with E-state index in [-0.39, 0.29) is 0 Å². The van der Waals surface area contributed by atoms with Gasteiger partial charge in [0.05, 0.1) is 7.11 Å². The summed E-state index contributed by atoms with van der Waals surface area (Å²) in [5, 5.41) is 0.700. The van der Waals surface area contributed by atoms with Crippen molar-refractivity contribution in [2.24, 2.45) is 0 Å². The highest BCUT2D eigenvalue weighted by atomic mass is 35.5. The second-order valence-corrected chi connectivity index (χ2v) is 7.73. The molecule has 1 aliphatic heterocycles. The zero-order chi connectivity index (χ0) is 20.8. The SMILES string of the molecule is COc1cc(CN2CCN(c3ccccn3)CC2)c(Cl)cc1OCc1ccccc1. The van der Waals surface area contributed by atoms with E-state index in [0.717, 1.165) is 49.7 Å². The third-order valence-electron chi connectivity index (χ3n) is 5.31. The minimum atomic E-state index is 0.475. The lowest BCUT2D eigenvalue weighted by Crippen LogP contribution is -2.46. The van der Waals surface area contributed by atoms with Gasteiger partial charge in [0, 0.05) is 50.0 Å². The van der Waals surface area contributed by atoms with Crippen LogP contribution < -0.4 is 14.4 Å². The maximum Gasteiger partial charge on any atom is 0.163 e. The lowest BCUT2D eigenvalue weighted by Gasteiger charge is -2.35. The summed E-state index contributed by atoms with van der Waals surface area (Å²) >= 11 is 6.60. The molecule has 2 aromatic carbocycles. The lowest BCUT2D eigenvalue weighted by atomic mass is 10.1. The van der Waals surface area contributed by atoms with Crippen LogP contribution in [-0.4, -0.2) is 43.2 Å². The predicted octanol–water partition coefficient (Wildman–Crippen LogP) is 4.64. The molecule has 1 fully saturated rings. The van der Waals surface area contributed by atoms with Crippen molar-refractivity contribution >= 4 is 17.4 Å². The number of aromatic nitrogens is 1. The summed E-state index contributed by atoms with van der Waals surface area (Å²) in [7, 11) is 1.66. The summed E-state index contributed by atoms with van der Waals surface area (Å²) in [6.45, 7) is 5.07. The number of piperazine rings is 1. The monoisotopic (exact) mass is 423 g/mol. The number of nitrogens with zero attached hydrogens (tertiary/aromatic N) is 3. The van der Waals surface area contributed by atoms with Crippen LogP contribution in [0.4, 0.5) is 5.82 Å². The molecule has 0 radical (unpaired) electrons. The van der Waals surface area contributed by atoms with Gasteiger partial charge in [0.25, 0.3) is 0 Å². The van der Waals surface area contributed by atoms with Gasteiger partial charge in [-0.3, -0.25) is 4.90 Å². The minimum absolute atomic E-state index is 0.475. The number of benzene rings is 2. The van der Waals surface area contributed by atoms with Gasteiger partial charge in [-0.25, -0.2) is 4.98 Å². The Morgan fingerprint density at radius 3 is 2.40 bits per heavy atom. The number of ether oxygens (including phenoxy) is 2. The van der Waals surface area contributed by atoms with E-state index in [9.17, 15) is 0 Å². The molecule has 2 heterocycles. The molecule has 0 N–H and O–H groups in total. The van der Waals surface area contributed by atoms with E-state index in [1.165, 1.54) is 0 Å². The van der Waals surface area contributed by atoms with Crippen LogP contribution in [0.3, 0.4) is 0 Å². The molecule has 0 spiro atoms. The molecule has 1 aliphatic rings. The van der Waals surface area contributed by atoms with Crippen LogP contribution in [0.15, 0.2) is 66.9 Å². The molecule has 156 valence electrons. The molecule has 0 amide bonds. The fraction of sp³-hybridized carbons (Fsp3) is 0.292. The van der Waals surface area contributed by atoms with E-state index in [2.05, 4.69) is 20.9 Å². The minimum Gasteiger partial charge on any atom is -0.493 e. The van der Waals surface area contributed by atoms with Crippen molar-refractivity contribution in [3.63, 3.8) is 0 Å². The van der Waals surface area contributed by atoms with E-state index >= 15 is 0 Å². The van der Waals surface area contributed by atoms with Gasteiger partial charge in [-0.05, 0) is 29.3 Å². The maximum absolute atomic E-state index is 6.60. The number of hydrogen-bond donors (Lipinski definition) is 0. The number of hydrogen-bond acceptors (Lipinski definition) is 5. The highest BCUT2D eigenvalue weighted by Gasteiger charge is 2.20. The number of anilines is 1. The Morgan fingerprint density at radius 1 is 0.933 bits per heavy atom. The number of pyridine rings is 1. The third-order valence-corrected chi connectivity index (χ3v) is 5.66. The molecule has 6 heteroatoms. The molecule has 0 atom stereocenters. The van der Waals surface area contributed by atoms with Crippen LogP contribution in [-0.2, 0) is 13.2 Å². The van der Waals surface area contributed by atoms with Gasteiger partial charge in [0.15, 0.2) is 11.5 Å². The standard InChI is InChI=1S/C24H26ClN3O2/c1-29-22-15-20(21(25)16-23(22)30-18-19-7-3-2-4-8-19)17-27-11-13-28(14-12-27)24-9-5-6-10-26-24/h2-10,15-16H,11-14,17-18H2,1H3. The van der Waals surface area contributed by atoms with Gasteiger partial charge in [-0.15, -0.1) is 0 Å². The Hall–Kier alpha value is -2.76. The molecule has 1 saturated heterocycles. The molecule has 30 heavy (non-hydrogen) atoms. The second-order valence-electron chi connectivity index (χ2n) is 7.32. The third kappa shape index (κ3) is 5.04. The highest BCUT2D eigenvalue weighted by Crippen LogP contribution is 2.34. The van der Waals surface area contributed by atoms with Crippen molar-refractivity contribution < 1.29 is 9.47 Å². The van der Waals surface area contributed by atoms with Crippen molar-refractivity contribution in [1.82, 2.24) is 9.88 Å². The first-order valence-electron chi connectivity index (χ1n) is 10.1. The predicted molar refractivity (Wildman–Crippen MR) is 121 cm³/mol. The van der Waals surface area contributed by atoms with Gasteiger partial charge in [-0.1, -0.05) is 48.0 Å². The van der Waals surface area contributed by atoms with Crippen molar-refractivity contribution in [1.29, 1.82) is 0 Å². The van der Waals surface area contributed by atoms with Crippen molar-refractivity contribution in [2.75, 3.05) is 38.2 Å². The van der Waals surface area contributed by atoms with Gasteiger partial charge in [-0.2, -0.15) is 0 Å². The molecular weight excluding hydrogens is 398 g/mol. The Bertz CT molecular complexity index is 945. The van der Waals surface area contributed by atoms with Crippen LogP contribution in [0, 0.1) is 0 Å². The Kier molecular flexibility index (Phi) is 6.72. The van der Waals surface area contributed by atoms with E-state index in [1.807, 2.05) is 60.8 Å². The summed E-state index contributed by atoms with van der Waals surface area (Å²) in [4.78, 5) is 9.18. The molecule has 4 rings (SSSR count). The number of methoxy groups -OCH3 is 1. The fourth-order valence-corrected chi connectivity index (χ4v) is 3.84. The van der Waals surface area contributed by atoms with Crippen molar-refractivity contribution in [2.45, 2.75) is 13.2 Å². The van der Waals surface area contributed by atoms with Gasteiger partial charge in [0.2, 0.25) is 0 Å². The van der Waals surface area contributed by atoms with E-state index in [4.69, 9.17) is 21.1 Å². The normalized spacial score (nSPS) is 14.5. The maximum atomic E-state index is 6.60. The highest BCUT2D eigenvalue weighted by molar-refractivity contribution is 6.31. The fourth-order valence-electron chi connectivity index (χ4n) is 3.62. The molecule has 1 aromatic heterocycles. The lowest BCUT2D eigenvalue weighted by molar-refractivity contribution is 0.248. The van der Waals surface area contributed by atoms with Crippen LogP contribution in [0.25, 0.3) is 0 Å². The molecule has 0 aliphatic carbocycles. The van der Waals surface area contributed by atoms with Crippen LogP contribution in [0.2, 0.25) is 5.02 Å². The Morgan fingerprint density at radius 2 is 1.70 bits per heavy atom. The number of halogens is 1. The van der Waals surface area contributed by atoms with E-state index in [0.29, 0.717) is 23.1 Å². The zero-order valence-electron chi connectivity index (χ0n) is 17.1. The van der Waals surface area contributed by atoms with Gasteiger partial charge >= 0.3 is 0 Å². The van der Waals surface area contributed by atoms with Crippen LogP contribution in [0.5, 0.6) is 11.5 Å². The Labute approximate surface area is 182 Å². The summed E-state index contributed by atoms with van der Waals surface area (Å²) in [5.41, 5.74) is 2.15. The van der Waals surface area contributed by atoms with Crippen LogP contribution >= 0.6 is 11.6 Å². The summed E-state index contributed by atoms with van der Waals surface area (Å²) in [5.74, 6) is 2.41. The molecule has 5 nitrogen and oxygen atoms in total. The first-order chi connectivity index (χ1) is 14.7. The first-order valence-corrected chi connectivity index (χ1v) is 10.5. The summed E-state index contributed by atoms with van der Waals surface area (Å²) in [6, 6.07) is 20.0. The average Bonchev–Trinajstić information content (AvgIpc) is 2.81. The van der Waals surface area contributed by atoms with Gasteiger partial charge in [0.1, 0.15) is 12.4 Å². The zero-order valence-corrected chi connectivity index (χ0v) is 17.9. The molecule has 0 unspecified atom stereocenters. The van der Waals surface area contributed by atoms with E-state index in [1.54, 1.807) is 7.11 Å². The average molecular weight is 424 g/mol. The van der Waals surface area contributed by atoms with Crippen molar-refractivity contribution in [3.8, 4) is 11.5 Å². The summed E-state index contributed by atoms with van der Waals surface area (Å²) in [6.07, 6.45) is 1.84. The summed E-state index contributed by atoms with van der Waals surface area (Å²) < 4.78 is 11.5. The largest absolute Gasteiger partial charge is 0.493 e. The topological polar surface area (TPSA) is 37.8 Å². The van der Waals surface area contributed by atoms with Gasteiger partial charge < -0.3 is 14.4 Å². The van der Waals surface area contributed by atoms with Crippen molar-refractivity contribution in [3.05, 3.63) is 83.0 Å². The second kappa shape index (κ2) is 9.83. The quantitative estimate of drug-likeness (QED) is 0.553. The molecule has 0 bridgehead atoms. The smallest absolute Gasteiger partial charge is 0.163 e. The first kappa shape index (κ1) is 20.5. The number of rotatable bonds is 7.